The van der Waals surface area contributed by atoms with E-state index in [0.29, 0.717) is 16.3 Å². The Labute approximate surface area is 159 Å². The number of fused-ring (bicyclic) bond motifs is 3. The van der Waals surface area contributed by atoms with E-state index in [-0.39, 0.29) is 11.2 Å². The number of hydrogen-bond donors (Lipinski definition) is 1. The van der Waals surface area contributed by atoms with Crippen LogP contribution in [-0.4, -0.2) is 28.2 Å². The minimum atomic E-state index is -0.363. The van der Waals surface area contributed by atoms with E-state index in [1.165, 1.54) is 18.1 Å². The maximum Gasteiger partial charge on any atom is 0.237 e. The second kappa shape index (κ2) is 7.28. The summed E-state index contributed by atoms with van der Waals surface area (Å²) in [5.74, 6) is 0.622. The number of carbonyl (C=O) groups excluding carboxylic acids is 1. The molecule has 0 saturated heterocycles. The summed E-state index contributed by atoms with van der Waals surface area (Å²) < 4.78 is 11.0. The third-order valence-electron chi connectivity index (χ3n) is 4.14. The van der Waals surface area contributed by atoms with E-state index in [9.17, 15) is 4.79 Å². The van der Waals surface area contributed by atoms with Gasteiger partial charge in [0, 0.05) is 11.1 Å². The summed E-state index contributed by atoms with van der Waals surface area (Å²) >= 11 is 1.34. The molecule has 1 amide bonds. The Balaban J connectivity index is 1.55. The quantitative estimate of drug-likeness (QED) is 0.406. The molecule has 0 spiro atoms. The van der Waals surface area contributed by atoms with Gasteiger partial charge < -0.3 is 14.5 Å². The first kappa shape index (κ1) is 17.4. The van der Waals surface area contributed by atoms with E-state index < -0.39 is 0 Å². The van der Waals surface area contributed by atoms with Gasteiger partial charge in [0.05, 0.1) is 12.4 Å². The molecular weight excluding hydrogens is 362 g/mol. The van der Waals surface area contributed by atoms with Crippen molar-refractivity contribution in [2.24, 2.45) is 0 Å². The molecule has 4 aromatic rings. The first-order valence-electron chi connectivity index (χ1n) is 8.39. The zero-order valence-electron chi connectivity index (χ0n) is 14.8. The average molecular weight is 379 g/mol. The van der Waals surface area contributed by atoms with Crippen molar-refractivity contribution in [3.8, 4) is 5.75 Å². The number of hydrogen-bond acceptors (Lipinski definition) is 6. The van der Waals surface area contributed by atoms with Crippen LogP contribution in [0.25, 0.3) is 22.1 Å². The molecule has 0 unspecified atom stereocenters. The fourth-order valence-electron chi connectivity index (χ4n) is 2.73. The molecule has 2 aromatic carbocycles. The molecule has 0 aliphatic carbocycles. The molecule has 7 heteroatoms. The number of thioether (sulfide) groups is 1. The predicted molar refractivity (Wildman–Crippen MR) is 106 cm³/mol. The number of aromatic nitrogens is 2. The number of nitrogens with zero attached hydrogens (tertiary/aromatic N) is 2. The van der Waals surface area contributed by atoms with Crippen LogP contribution in [0.2, 0.25) is 0 Å². The van der Waals surface area contributed by atoms with E-state index in [1.807, 2.05) is 31.2 Å². The summed E-state index contributed by atoms with van der Waals surface area (Å²) in [5, 5.41) is 4.12. The summed E-state index contributed by atoms with van der Waals surface area (Å²) in [5.41, 5.74) is 2.83. The highest BCUT2D eigenvalue weighted by Crippen LogP contribution is 2.34. The fraction of sp³-hybridized carbons (Fsp3) is 0.150. The average Bonchev–Trinajstić information content (AvgIpc) is 3.08. The van der Waals surface area contributed by atoms with Crippen molar-refractivity contribution in [2.45, 2.75) is 17.2 Å². The predicted octanol–water partition coefficient (Wildman–Crippen LogP) is 4.50. The molecule has 0 bridgehead atoms. The van der Waals surface area contributed by atoms with Crippen LogP contribution in [0.1, 0.15) is 6.92 Å². The van der Waals surface area contributed by atoms with E-state index in [4.69, 9.17) is 9.15 Å². The number of amides is 1. The van der Waals surface area contributed by atoms with Crippen LogP contribution in [0.15, 0.2) is 64.3 Å². The molecular formula is C20H17N3O3S. The summed E-state index contributed by atoms with van der Waals surface area (Å²) in [4.78, 5) is 21.2. The maximum absolute atomic E-state index is 12.5. The summed E-state index contributed by atoms with van der Waals surface area (Å²) in [6, 6.07) is 14.9. The highest BCUT2D eigenvalue weighted by atomic mass is 32.2. The monoisotopic (exact) mass is 379 g/mol. The number of carbonyl (C=O) groups is 1. The number of anilines is 1. The smallest absolute Gasteiger partial charge is 0.237 e. The number of rotatable bonds is 5. The van der Waals surface area contributed by atoms with Gasteiger partial charge in [-0.1, -0.05) is 23.9 Å². The maximum atomic E-state index is 12.5. The lowest BCUT2D eigenvalue weighted by molar-refractivity contribution is -0.115. The summed E-state index contributed by atoms with van der Waals surface area (Å²) in [7, 11) is 1.60. The lowest BCUT2D eigenvalue weighted by Gasteiger charge is -2.12. The normalized spacial score (nSPS) is 12.2. The largest absolute Gasteiger partial charge is 0.497 e. The van der Waals surface area contributed by atoms with Crippen molar-refractivity contribution in [2.75, 3.05) is 12.4 Å². The molecule has 0 saturated carbocycles. The van der Waals surface area contributed by atoms with Crippen LogP contribution in [0.3, 0.4) is 0 Å². The van der Waals surface area contributed by atoms with E-state index in [0.717, 1.165) is 22.2 Å². The first-order valence-corrected chi connectivity index (χ1v) is 9.27. The third kappa shape index (κ3) is 3.46. The van der Waals surface area contributed by atoms with Crippen molar-refractivity contribution in [3.05, 3.63) is 54.9 Å². The number of furan rings is 1. The number of benzene rings is 2. The number of para-hydroxylation sites is 1. The van der Waals surface area contributed by atoms with Crippen molar-refractivity contribution in [1.29, 1.82) is 0 Å². The Kier molecular flexibility index (Phi) is 4.68. The zero-order valence-corrected chi connectivity index (χ0v) is 15.6. The second-order valence-corrected chi connectivity index (χ2v) is 7.26. The van der Waals surface area contributed by atoms with Gasteiger partial charge in [-0.15, -0.1) is 0 Å². The molecule has 4 rings (SSSR count). The van der Waals surface area contributed by atoms with Gasteiger partial charge in [0.2, 0.25) is 5.91 Å². The molecule has 2 heterocycles. The van der Waals surface area contributed by atoms with Gasteiger partial charge in [0.1, 0.15) is 28.2 Å². The molecule has 1 atom stereocenters. The Morgan fingerprint density at radius 1 is 1.15 bits per heavy atom. The van der Waals surface area contributed by atoms with Crippen molar-refractivity contribution in [3.63, 3.8) is 0 Å². The van der Waals surface area contributed by atoms with Crippen LogP contribution < -0.4 is 10.1 Å². The Morgan fingerprint density at radius 2 is 1.93 bits per heavy atom. The topological polar surface area (TPSA) is 77.2 Å². The van der Waals surface area contributed by atoms with Crippen LogP contribution in [-0.2, 0) is 4.79 Å². The third-order valence-corrected chi connectivity index (χ3v) is 5.22. The van der Waals surface area contributed by atoms with Crippen LogP contribution in [0.4, 0.5) is 5.69 Å². The van der Waals surface area contributed by atoms with Gasteiger partial charge >= 0.3 is 0 Å². The molecule has 6 nitrogen and oxygen atoms in total. The Morgan fingerprint density at radius 3 is 2.70 bits per heavy atom. The van der Waals surface area contributed by atoms with Crippen molar-refractivity contribution in [1.82, 2.24) is 9.97 Å². The lowest BCUT2D eigenvalue weighted by atomic mass is 10.2. The summed E-state index contributed by atoms with van der Waals surface area (Å²) in [6.07, 6.45) is 1.50. The number of ether oxygens (including phenoxy) is 1. The minimum absolute atomic E-state index is 0.118. The zero-order chi connectivity index (χ0) is 18.8. The van der Waals surface area contributed by atoms with Gasteiger partial charge in [-0.2, -0.15) is 0 Å². The number of nitrogens with one attached hydrogen (secondary N) is 1. The minimum Gasteiger partial charge on any atom is -0.497 e. The van der Waals surface area contributed by atoms with Crippen LogP contribution in [0, 0.1) is 0 Å². The first-order chi connectivity index (χ1) is 13.2. The van der Waals surface area contributed by atoms with Gasteiger partial charge in [-0.3, -0.25) is 4.79 Å². The summed E-state index contributed by atoms with van der Waals surface area (Å²) in [6.45, 7) is 1.83. The standard InChI is InChI=1S/C20H17N3O3S/c1-12(19(24)23-13-7-9-14(25-2)10-8-13)27-20-18-17(21-11-22-20)15-5-3-4-6-16(15)26-18/h3-12H,1-2H3,(H,23,24)/t12-/m0/s1. The Bertz CT molecular complexity index is 1110. The van der Waals surface area contributed by atoms with Gasteiger partial charge in [-0.25, -0.2) is 9.97 Å². The molecule has 136 valence electrons. The molecule has 0 fully saturated rings. The highest BCUT2D eigenvalue weighted by molar-refractivity contribution is 8.00. The molecule has 0 aliphatic heterocycles. The van der Waals surface area contributed by atoms with Gasteiger partial charge in [-0.05, 0) is 43.3 Å². The molecule has 0 radical (unpaired) electrons. The SMILES string of the molecule is COc1ccc(NC(=O)[C@H](C)Sc2ncnc3c2oc2ccccc23)cc1. The van der Waals surface area contributed by atoms with E-state index >= 15 is 0 Å². The number of methoxy groups -OCH3 is 1. The van der Waals surface area contributed by atoms with Gasteiger partial charge in [0.15, 0.2) is 5.58 Å². The molecule has 0 aliphatic rings. The molecule has 27 heavy (non-hydrogen) atoms. The van der Waals surface area contributed by atoms with Crippen molar-refractivity contribution < 1.29 is 13.9 Å². The van der Waals surface area contributed by atoms with Crippen molar-refractivity contribution >= 4 is 45.4 Å². The van der Waals surface area contributed by atoms with E-state index in [2.05, 4.69) is 15.3 Å². The highest BCUT2D eigenvalue weighted by Gasteiger charge is 2.20. The second-order valence-electron chi connectivity index (χ2n) is 5.93. The lowest BCUT2D eigenvalue weighted by Crippen LogP contribution is -2.22. The van der Waals surface area contributed by atoms with Crippen LogP contribution in [0.5, 0.6) is 5.75 Å². The van der Waals surface area contributed by atoms with Gasteiger partial charge in [0.25, 0.3) is 0 Å². The van der Waals surface area contributed by atoms with Crippen LogP contribution >= 0.6 is 11.8 Å². The Hall–Kier alpha value is -3.06. The molecule has 2 aromatic heterocycles. The molecule has 1 N–H and O–H groups in total. The fourth-order valence-corrected chi connectivity index (χ4v) is 3.58. The van der Waals surface area contributed by atoms with E-state index in [1.54, 1.807) is 31.4 Å².